The van der Waals surface area contributed by atoms with Crippen molar-refractivity contribution < 1.29 is 31.0 Å². The Bertz CT molecular complexity index is 50.9. The molecule has 2 nitrogen and oxygen atoms in total. The fourth-order valence-electron chi connectivity index (χ4n) is 0. The van der Waals surface area contributed by atoms with Gasteiger partial charge in [-0.15, -0.1) is 0 Å². The van der Waals surface area contributed by atoms with Crippen molar-refractivity contribution in [1.29, 1.82) is 0 Å². The predicted octanol–water partition coefficient (Wildman–Crippen LogP) is -3.12. The third kappa shape index (κ3) is 8.84. The van der Waals surface area contributed by atoms with E-state index in [0.717, 1.165) is 0 Å². The van der Waals surface area contributed by atoms with E-state index in [9.17, 15) is 0 Å². The molecular weight excluding hydrogens is 87.0 g/mol. The second kappa shape index (κ2) is 5.34. The van der Waals surface area contributed by atoms with Crippen molar-refractivity contribution in [2.45, 2.75) is 6.92 Å². The molecule has 0 aromatic rings. The average Bonchev–Trinajstić information content (AvgIpc) is 1.38. The molecule has 0 aliphatic carbocycles. The van der Waals surface area contributed by atoms with Gasteiger partial charge in [0.25, 0.3) is 0 Å². The second-order valence-corrected chi connectivity index (χ2v) is 0.789. The minimum atomic E-state index is 0. The van der Waals surface area contributed by atoms with E-state index in [1.807, 2.05) is 0 Å². The summed E-state index contributed by atoms with van der Waals surface area (Å²) in [7, 11) is 0. The van der Waals surface area contributed by atoms with Crippen LogP contribution in [0.15, 0.2) is 11.9 Å². The van der Waals surface area contributed by atoms with Crippen molar-refractivity contribution in [1.82, 2.24) is 0 Å². The molecule has 0 radical (unpaired) electrons. The number of hydrogen-bond acceptors (Lipinski definition) is 2. The van der Waals surface area contributed by atoms with Crippen LogP contribution in [0.1, 0.15) is 8.35 Å². The van der Waals surface area contributed by atoms with E-state index in [0.29, 0.717) is 5.82 Å². The van der Waals surface area contributed by atoms with Crippen molar-refractivity contribution in [2.24, 2.45) is 11.5 Å². The second-order valence-electron chi connectivity index (χ2n) is 0.789. The van der Waals surface area contributed by atoms with Crippen LogP contribution in [-0.4, -0.2) is 0 Å². The molecule has 0 amide bonds. The van der Waals surface area contributed by atoms with Crippen LogP contribution in [0.5, 0.6) is 0 Å². The number of nitrogens with two attached hydrogens (primary N) is 2. The summed E-state index contributed by atoms with van der Waals surface area (Å²) in [5, 5.41) is 0. The van der Waals surface area contributed by atoms with Crippen LogP contribution in [0.3, 0.4) is 0 Å². The normalized spacial score (nSPS) is 5.50. The Morgan fingerprint density at radius 1 is 1.67 bits per heavy atom. The Hall–Kier alpha value is 0.340. The van der Waals surface area contributed by atoms with E-state index in [4.69, 9.17) is 11.5 Å². The molecule has 0 atom stereocenters. The minimum absolute atomic E-state index is 0. The standard InChI is InChI=1S/C3H8N2.Na.H/c1-2-3(4)5;;/h2H,4-5H2,1H3;;/q;+1;-1. The van der Waals surface area contributed by atoms with E-state index in [-0.39, 0.29) is 31.0 Å². The van der Waals surface area contributed by atoms with Gasteiger partial charge in [-0.05, 0) is 13.0 Å². The summed E-state index contributed by atoms with van der Waals surface area (Å²) in [6, 6.07) is 0. The topological polar surface area (TPSA) is 52.0 Å². The molecule has 0 aliphatic heterocycles. The fourth-order valence-corrected chi connectivity index (χ4v) is 0. The van der Waals surface area contributed by atoms with Gasteiger partial charge in [-0.3, -0.25) is 0 Å². The van der Waals surface area contributed by atoms with Crippen LogP contribution in [0.4, 0.5) is 0 Å². The zero-order valence-electron chi connectivity index (χ0n) is 5.23. The van der Waals surface area contributed by atoms with Gasteiger partial charge in [-0.25, -0.2) is 0 Å². The Labute approximate surface area is 61.4 Å². The van der Waals surface area contributed by atoms with Gasteiger partial charge in [0.05, 0.1) is 5.82 Å². The molecular formula is C3H9N2Na. The molecule has 32 valence electrons. The number of allylic oxidation sites excluding steroid dienone is 1. The molecule has 3 heteroatoms. The monoisotopic (exact) mass is 96.1 g/mol. The zero-order chi connectivity index (χ0) is 4.28. The Balaban J connectivity index is -0.0000000800. The van der Waals surface area contributed by atoms with E-state index >= 15 is 0 Å². The first-order chi connectivity index (χ1) is 2.27. The van der Waals surface area contributed by atoms with Gasteiger partial charge in [0.2, 0.25) is 0 Å². The van der Waals surface area contributed by atoms with E-state index < -0.39 is 0 Å². The molecule has 0 saturated heterocycles. The van der Waals surface area contributed by atoms with Crippen molar-refractivity contribution >= 4 is 0 Å². The summed E-state index contributed by atoms with van der Waals surface area (Å²) in [6.45, 7) is 1.79. The summed E-state index contributed by atoms with van der Waals surface area (Å²) in [6.07, 6.45) is 1.64. The van der Waals surface area contributed by atoms with Gasteiger partial charge in [0.1, 0.15) is 0 Å². The van der Waals surface area contributed by atoms with Crippen LogP contribution in [0.25, 0.3) is 0 Å². The molecule has 4 N–H and O–H groups in total. The number of rotatable bonds is 0. The van der Waals surface area contributed by atoms with Crippen LogP contribution in [-0.2, 0) is 0 Å². The maximum Gasteiger partial charge on any atom is 1.00 e. The largest absolute Gasteiger partial charge is 1.00 e. The summed E-state index contributed by atoms with van der Waals surface area (Å²) < 4.78 is 0. The third-order valence-electron chi connectivity index (χ3n) is 0.333. The molecule has 0 saturated carbocycles. The van der Waals surface area contributed by atoms with Gasteiger partial charge in [-0.2, -0.15) is 0 Å². The third-order valence-corrected chi connectivity index (χ3v) is 0.333. The molecule has 0 aromatic carbocycles. The first-order valence-electron chi connectivity index (χ1n) is 1.44. The van der Waals surface area contributed by atoms with Gasteiger partial charge in [0.15, 0.2) is 0 Å². The quantitative estimate of drug-likeness (QED) is 0.313. The maximum absolute atomic E-state index is 4.93. The Kier molecular flexibility index (Phi) is 8.54. The van der Waals surface area contributed by atoms with E-state index in [2.05, 4.69) is 0 Å². The Morgan fingerprint density at radius 2 is 1.83 bits per heavy atom. The molecule has 0 aromatic heterocycles. The molecule has 0 fully saturated rings. The van der Waals surface area contributed by atoms with E-state index in [1.54, 1.807) is 13.0 Å². The molecule has 0 unspecified atom stereocenters. The molecule has 0 bridgehead atoms. The minimum Gasteiger partial charge on any atom is -1.00 e. The zero-order valence-corrected chi connectivity index (χ0v) is 6.23. The maximum atomic E-state index is 4.93. The fraction of sp³-hybridized carbons (Fsp3) is 0.333. The molecule has 6 heavy (non-hydrogen) atoms. The first kappa shape index (κ1) is 9.60. The summed E-state index contributed by atoms with van der Waals surface area (Å²) >= 11 is 0. The van der Waals surface area contributed by atoms with Gasteiger partial charge in [-0.1, -0.05) is 0 Å². The van der Waals surface area contributed by atoms with Gasteiger partial charge in [0, 0.05) is 0 Å². The summed E-state index contributed by atoms with van der Waals surface area (Å²) in [5.41, 5.74) is 9.86. The van der Waals surface area contributed by atoms with Crippen LogP contribution >= 0.6 is 0 Å². The summed E-state index contributed by atoms with van der Waals surface area (Å²) in [4.78, 5) is 0. The van der Waals surface area contributed by atoms with Crippen molar-refractivity contribution in [3.05, 3.63) is 11.9 Å². The van der Waals surface area contributed by atoms with Gasteiger partial charge >= 0.3 is 29.6 Å². The number of hydrogen-bond donors (Lipinski definition) is 2. The van der Waals surface area contributed by atoms with Crippen molar-refractivity contribution in [2.75, 3.05) is 0 Å². The molecule has 0 heterocycles. The van der Waals surface area contributed by atoms with Gasteiger partial charge < -0.3 is 12.9 Å². The van der Waals surface area contributed by atoms with Crippen LogP contribution in [0.2, 0.25) is 0 Å². The SMILES string of the molecule is CC=C(N)N.[H-].[Na+]. The summed E-state index contributed by atoms with van der Waals surface area (Å²) in [5.74, 6) is 0.380. The van der Waals surface area contributed by atoms with Crippen LogP contribution < -0.4 is 41.0 Å². The van der Waals surface area contributed by atoms with E-state index in [1.165, 1.54) is 0 Å². The van der Waals surface area contributed by atoms with Crippen molar-refractivity contribution in [3.63, 3.8) is 0 Å². The average molecular weight is 96.1 g/mol. The smallest absolute Gasteiger partial charge is 1.00 e. The van der Waals surface area contributed by atoms with Crippen LogP contribution in [0, 0.1) is 0 Å². The first-order valence-corrected chi connectivity index (χ1v) is 1.44. The molecule has 0 spiro atoms. The predicted molar refractivity (Wildman–Crippen MR) is 23.2 cm³/mol. The van der Waals surface area contributed by atoms with Crippen molar-refractivity contribution in [3.8, 4) is 0 Å². The Morgan fingerprint density at radius 3 is 1.83 bits per heavy atom. The molecule has 0 rings (SSSR count). The molecule has 0 aliphatic rings.